The Hall–Kier alpha value is -1.88. The monoisotopic (exact) mass is 193 g/mol. The van der Waals surface area contributed by atoms with Crippen molar-refractivity contribution < 1.29 is 10.0 Å². The Kier molecular flexibility index (Phi) is 3.63. The number of carbonyl (C=O) groups excluding carboxylic acids is 1. The second kappa shape index (κ2) is 4.98. The molecule has 14 heavy (non-hydrogen) atoms. The van der Waals surface area contributed by atoms with Crippen LogP contribution in [0, 0.1) is 0 Å². The van der Waals surface area contributed by atoms with Gasteiger partial charge in [-0.05, 0) is 11.6 Å². The second-order valence-corrected chi connectivity index (χ2v) is 2.63. The van der Waals surface area contributed by atoms with Crippen molar-refractivity contribution in [3.63, 3.8) is 0 Å². The number of hydrogen-bond donors (Lipinski definition) is 3. The molecule has 1 aromatic heterocycles. The van der Waals surface area contributed by atoms with Crippen molar-refractivity contribution in [2.75, 3.05) is 0 Å². The van der Waals surface area contributed by atoms with Crippen LogP contribution in [0.2, 0.25) is 0 Å². The Morgan fingerprint density at radius 1 is 1.64 bits per heavy atom. The highest BCUT2D eigenvalue weighted by atomic mass is 16.5. The lowest BCUT2D eigenvalue weighted by atomic mass is 10.3. The summed E-state index contributed by atoms with van der Waals surface area (Å²) in [4.78, 5) is 15.0. The number of carbonyl (C=O) groups is 1. The predicted octanol–water partition coefficient (Wildman–Crippen LogP) is 0.190. The molecule has 0 radical (unpaired) electrons. The number of pyridine rings is 1. The molecular formula is C9H11N3O2. The summed E-state index contributed by atoms with van der Waals surface area (Å²) < 4.78 is 0. The Balaban J connectivity index is 2.42. The molecular weight excluding hydrogens is 182 g/mol. The SMILES string of the molecule is C=C(NO)C(=O)NCc1cccnc1. The third-order valence-corrected chi connectivity index (χ3v) is 1.58. The van der Waals surface area contributed by atoms with Crippen LogP contribution in [-0.2, 0) is 11.3 Å². The van der Waals surface area contributed by atoms with E-state index < -0.39 is 5.91 Å². The molecule has 0 unspecified atom stereocenters. The molecule has 5 nitrogen and oxygen atoms in total. The molecule has 1 rings (SSSR count). The number of aromatic nitrogens is 1. The lowest BCUT2D eigenvalue weighted by molar-refractivity contribution is -0.118. The fourth-order valence-electron chi connectivity index (χ4n) is 0.843. The molecule has 3 N–H and O–H groups in total. The molecule has 1 heterocycles. The van der Waals surface area contributed by atoms with E-state index in [0.717, 1.165) is 5.56 Å². The van der Waals surface area contributed by atoms with E-state index in [9.17, 15) is 4.79 Å². The fraction of sp³-hybridized carbons (Fsp3) is 0.111. The van der Waals surface area contributed by atoms with E-state index in [-0.39, 0.29) is 5.70 Å². The van der Waals surface area contributed by atoms with Crippen molar-refractivity contribution in [3.05, 3.63) is 42.4 Å². The van der Waals surface area contributed by atoms with Crippen LogP contribution in [0.25, 0.3) is 0 Å². The number of hydroxylamine groups is 1. The van der Waals surface area contributed by atoms with Crippen LogP contribution in [0.15, 0.2) is 36.8 Å². The number of hydrogen-bond acceptors (Lipinski definition) is 4. The van der Waals surface area contributed by atoms with Crippen molar-refractivity contribution in [1.82, 2.24) is 15.8 Å². The minimum absolute atomic E-state index is 0.0890. The van der Waals surface area contributed by atoms with E-state index in [1.54, 1.807) is 23.9 Å². The van der Waals surface area contributed by atoms with E-state index in [1.807, 2.05) is 6.07 Å². The average Bonchev–Trinajstić information content (AvgIpc) is 2.26. The van der Waals surface area contributed by atoms with Gasteiger partial charge in [-0.1, -0.05) is 12.6 Å². The van der Waals surface area contributed by atoms with Gasteiger partial charge in [-0.25, -0.2) is 0 Å². The molecule has 0 aliphatic heterocycles. The minimum atomic E-state index is -0.448. The summed E-state index contributed by atoms with van der Waals surface area (Å²) in [5.74, 6) is -0.448. The van der Waals surface area contributed by atoms with Crippen LogP contribution in [0.1, 0.15) is 5.56 Å². The predicted molar refractivity (Wildman–Crippen MR) is 50.1 cm³/mol. The molecule has 0 saturated heterocycles. The molecule has 0 saturated carbocycles. The van der Waals surface area contributed by atoms with Gasteiger partial charge >= 0.3 is 0 Å². The van der Waals surface area contributed by atoms with Gasteiger partial charge in [0.1, 0.15) is 5.70 Å². The van der Waals surface area contributed by atoms with Crippen LogP contribution in [0.3, 0.4) is 0 Å². The maximum atomic E-state index is 11.1. The summed E-state index contributed by atoms with van der Waals surface area (Å²) in [5, 5.41) is 10.9. The lowest BCUT2D eigenvalue weighted by Crippen LogP contribution is -2.29. The van der Waals surface area contributed by atoms with Crippen molar-refractivity contribution in [2.45, 2.75) is 6.54 Å². The molecule has 1 amide bonds. The minimum Gasteiger partial charge on any atom is -0.347 e. The zero-order valence-corrected chi connectivity index (χ0v) is 7.53. The van der Waals surface area contributed by atoms with Crippen LogP contribution in [0.5, 0.6) is 0 Å². The zero-order chi connectivity index (χ0) is 10.4. The van der Waals surface area contributed by atoms with Crippen molar-refractivity contribution in [1.29, 1.82) is 0 Å². The number of nitrogens with zero attached hydrogens (tertiary/aromatic N) is 1. The summed E-state index contributed by atoms with van der Waals surface area (Å²) in [5.41, 5.74) is 2.47. The third-order valence-electron chi connectivity index (χ3n) is 1.58. The van der Waals surface area contributed by atoms with Gasteiger partial charge in [-0.15, -0.1) is 0 Å². The van der Waals surface area contributed by atoms with Crippen molar-refractivity contribution in [3.8, 4) is 0 Å². The number of nitrogens with one attached hydrogen (secondary N) is 2. The van der Waals surface area contributed by atoms with Crippen LogP contribution < -0.4 is 10.8 Å². The van der Waals surface area contributed by atoms with Crippen molar-refractivity contribution >= 4 is 5.91 Å². The lowest BCUT2D eigenvalue weighted by Gasteiger charge is -2.05. The zero-order valence-electron chi connectivity index (χ0n) is 7.53. The first-order valence-electron chi connectivity index (χ1n) is 4.00. The van der Waals surface area contributed by atoms with Gasteiger partial charge in [0.25, 0.3) is 5.91 Å². The second-order valence-electron chi connectivity index (χ2n) is 2.63. The molecule has 0 aliphatic rings. The summed E-state index contributed by atoms with van der Waals surface area (Å²) in [6.45, 7) is 3.65. The molecule has 0 fully saturated rings. The first-order chi connectivity index (χ1) is 6.74. The Labute approximate surface area is 81.4 Å². The van der Waals surface area contributed by atoms with E-state index in [2.05, 4.69) is 16.9 Å². The maximum Gasteiger partial charge on any atom is 0.269 e. The number of rotatable bonds is 4. The normalized spacial score (nSPS) is 9.21. The van der Waals surface area contributed by atoms with E-state index in [1.165, 1.54) is 0 Å². The van der Waals surface area contributed by atoms with Gasteiger partial charge in [-0.2, -0.15) is 0 Å². The molecule has 0 spiro atoms. The first-order valence-corrected chi connectivity index (χ1v) is 4.00. The van der Waals surface area contributed by atoms with E-state index in [0.29, 0.717) is 6.54 Å². The summed E-state index contributed by atoms with van der Waals surface area (Å²) in [7, 11) is 0. The smallest absolute Gasteiger partial charge is 0.269 e. The van der Waals surface area contributed by atoms with Gasteiger partial charge in [0.15, 0.2) is 0 Å². The summed E-state index contributed by atoms with van der Waals surface area (Å²) in [6.07, 6.45) is 3.30. The van der Waals surface area contributed by atoms with Crippen LogP contribution >= 0.6 is 0 Å². The Morgan fingerprint density at radius 2 is 2.43 bits per heavy atom. The molecule has 0 aliphatic carbocycles. The molecule has 0 aromatic carbocycles. The van der Waals surface area contributed by atoms with Gasteiger partial charge < -0.3 is 5.32 Å². The molecule has 0 atom stereocenters. The first kappa shape index (κ1) is 10.2. The molecule has 1 aromatic rings. The molecule has 74 valence electrons. The highest BCUT2D eigenvalue weighted by molar-refractivity contribution is 5.91. The van der Waals surface area contributed by atoms with Crippen molar-refractivity contribution in [2.24, 2.45) is 0 Å². The van der Waals surface area contributed by atoms with Gasteiger partial charge in [0, 0.05) is 18.9 Å². The largest absolute Gasteiger partial charge is 0.347 e. The average molecular weight is 193 g/mol. The maximum absolute atomic E-state index is 11.1. The van der Waals surface area contributed by atoms with Gasteiger partial charge in [0.05, 0.1) is 0 Å². The van der Waals surface area contributed by atoms with Gasteiger partial charge in [0.2, 0.25) is 0 Å². The Bertz CT molecular complexity index is 324. The van der Waals surface area contributed by atoms with E-state index in [4.69, 9.17) is 5.21 Å². The highest BCUT2D eigenvalue weighted by Crippen LogP contribution is 1.94. The molecule has 5 heteroatoms. The standard InChI is InChI=1S/C9H11N3O2/c1-7(12-14)9(13)11-6-8-3-2-4-10-5-8/h2-5,12,14H,1,6H2,(H,11,13). The highest BCUT2D eigenvalue weighted by Gasteiger charge is 2.04. The fourth-order valence-corrected chi connectivity index (χ4v) is 0.843. The molecule has 0 bridgehead atoms. The van der Waals surface area contributed by atoms with Crippen LogP contribution in [-0.4, -0.2) is 16.1 Å². The third kappa shape index (κ3) is 2.87. The van der Waals surface area contributed by atoms with Crippen LogP contribution in [0.4, 0.5) is 0 Å². The number of amides is 1. The van der Waals surface area contributed by atoms with E-state index >= 15 is 0 Å². The summed E-state index contributed by atoms with van der Waals surface area (Å²) in [6, 6.07) is 3.61. The Morgan fingerprint density at radius 3 is 3.00 bits per heavy atom. The topological polar surface area (TPSA) is 74.2 Å². The van der Waals surface area contributed by atoms with Gasteiger partial charge in [-0.3, -0.25) is 20.5 Å². The quantitative estimate of drug-likeness (QED) is 0.471. The summed E-state index contributed by atoms with van der Waals surface area (Å²) >= 11 is 0.